The van der Waals surface area contributed by atoms with Crippen LogP contribution < -0.4 is 10.1 Å². The van der Waals surface area contributed by atoms with E-state index in [1.807, 2.05) is 0 Å². The number of amides is 2. The van der Waals surface area contributed by atoms with Gasteiger partial charge in [0, 0.05) is 18.3 Å². The quantitative estimate of drug-likeness (QED) is 0.484. The Kier molecular flexibility index (Phi) is 8.15. The van der Waals surface area contributed by atoms with Crippen molar-refractivity contribution in [2.75, 3.05) is 11.9 Å². The first-order valence-electron chi connectivity index (χ1n) is 12.8. The highest BCUT2D eigenvalue weighted by molar-refractivity contribution is 5.99. The Morgan fingerprint density at radius 3 is 2.58 bits per heavy atom. The van der Waals surface area contributed by atoms with Gasteiger partial charge in [-0.2, -0.15) is 18.3 Å². The lowest BCUT2D eigenvalue weighted by Crippen LogP contribution is -2.46. The molecule has 2 aliphatic rings. The van der Waals surface area contributed by atoms with Gasteiger partial charge in [0.25, 0.3) is 5.91 Å². The zero-order chi connectivity index (χ0) is 27.5. The minimum atomic E-state index is -4.61. The van der Waals surface area contributed by atoms with Gasteiger partial charge >= 0.3 is 6.18 Å². The Morgan fingerprint density at radius 2 is 1.89 bits per heavy atom. The molecule has 2 N–H and O–H groups in total. The van der Waals surface area contributed by atoms with Crippen molar-refractivity contribution in [2.24, 2.45) is 5.92 Å². The van der Waals surface area contributed by atoms with Crippen LogP contribution >= 0.6 is 0 Å². The standard InChI is InChI=1S/C27H33F3N4O4/c1-26(2,37)17-33-13-12-23(32-33)31-25(36)21(14-18-8-4-3-5-9-18)34-16-19(15-24(34)35)38-22-11-7-6-10-20(22)27(28,29)30/h6-7,10-13,15,18,21,37H,3-5,8-9,14,16-17H2,1-2H3,(H,31,32,36). The second-order valence-electron chi connectivity index (χ2n) is 10.6. The minimum absolute atomic E-state index is 0.0441. The normalized spacial score (nSPS) is 17.9. The van der Waals surface area contributed by atoms with Gasteiger partial charge in [-0.15, -0.1) is 0 Å². The van der Waals surface area contributed by atoms with Crippen LogP contribution in [-0.4, -0.2) is 49.8 Å². The summed E-state index contributed by atoms with van der Waals surface area (Å²) in [5.74, 6) is -0.746. The van der Waals surface area contributed by atoms with E-state index >= 15 is 0 Å². The van der Waals surface area contributed by atoms with E-state index in [1.165, 1.54) is 27.8 Å². The summed E-state index contributed by atoms with van der Waals surface area (Å²) in [6, 6.07) is 5.57. The number of halogens is 3. The van der Waals surface area contributed by atoms with E-state index in [-0.39, 0.29) is 30.6 Å². The van der Waals surface area contributed by atoms with Crippen molar-refractivity contribution in [1.82, 2.24) is 14.7 Å². The number of alkyl halides is 3. The lowest BCUT2D eigenvalue weighted by atomic mass is 9.84. The summed E-state index contributed by atoms with van der Waals surface area (Å²) in [5.41, 5.74) is -1.93. The fourth-order valence-corrected chi connectivity index (χ4v) is 5.01. The first kappa shape index (κ1) is 27.7. The molecule has 206 valence electrons. The van der Waals surface area contributed by atoms with Crippen LogP contribution in [0.2, 0.25) is 0 Å². The van der Waals surface area contributed by atoms with Gasteiger partial charge in [-0.1, -0.05) is 44.2 Å². The molecule has 2 aromatic rings. The van der Waals surface area contributed by atoms with E-state index in [2.05, 4.69) is 10.4 Å². The summed E-state index contributed by atoms with van der Waals surface area (Å²) in [5, 5.41) is 17.1. The molecule has 11 heteroatoms. The van der Waals surface area contributed by atoms with Crippen molar-refractivity contribution in [3.05, 3.63) is 53.9 Å². The SMILES string of the molecule is CC(C)(O)Cn1ccc(NC(=O)C(CC2CCCCC2)N2CC(Oc3ccccc3C(F)(F)F)=CC2=O)n1. The summed E-state index contributed by atoms with van der Waals surface area (Å²) in [4.78, 5) is 27.8. The van der Waals surface area contributed by atoms with Crippen LogP contribution in [0.3, 0.4) is 0 Å². The molecule has 1 unspecified atom stereocenters. The number of benzene rings is 1. The highest BCUT2D eigenvalue weighted by atomic mass is 19.4. The Hall–Kier alpha value is -3.34. The van der Waals surface area contributed by atoms with Gasteiger partial charge in [0.15, 0.2) is 5.82 Å². The molecule has 1 aliphatic heterocycles. The number of carbonyl (C=O) groups is 2. The van der Waals surface area contributed by atoms with Gasteiger partial charge in [0.2, 0.25) is 5.91 Å². The van der Waals surface area contributed by atoms with E-state index < -0.39 is 40.9 Å². The lowest BCUT2D eigenvalue weighted by Gasteiger charge is -2.31. The van der Waals surface area contributed by atoms with Gasteiger partial charge in [-0.05, 0) is 38.3 Å². The van der Waals surface area contributed by atoms with E-state index in [4.69, 9.17) is 4.74 Å². The van der Waals surface area contributed by atoms with E-state index in [0.717, 1.165) is 44.2 Å². The third kappa shape index (κ3) is 7.15. The Labute approximate surface area is 219 Å². The number of hydrogen-bond donors (Lipinski definition) is 2. The molecule has 1 aromatic heterocycles. The summed E-state index contributed by atoms with van der Waals surface area (Å²) in [6.07, 6.45) is 3.73. The maximum atomic E-state index is 13.4. The number of nitrogens with zero attached hydrogens (tertiary/aromatic N) is 3. The maximum Gasteiger partial charge on any atom is 0.419 e. The van der Waals surface area contributed by atoms with Gasteiger partial charge < -0.3 is 20.1 Å². The summed E-state index contributed by atoms with van der Waals surface area (Å²) in [6.45, 7) is 3.39. The molecule has 2 amide bonds. The van der Waals surface area contributed by atoms with E-state index in [0.29, 0.717) is 6.42 Å². The average molecular weight is 535 g/mol. The number of aliphatic hydroxyl groups is 1. The fourth-order valence-electron chi connectivity index (χ4n) is 5.01. The third-order valence-corrected chi connectivity index (χ3v) is 6.73. The number of anilines is 1. The molecule has 0 saturated heterocycles. The van der Waals surface area contributed by atoms with Gasteiger partial charge in [-0.3, -0.25) is 14.3 Å². The van der Waals surface area contributed by atoms with Crippen LogP contribution in [0, 0.1) is 5.92 Å². The predicted molar refractivity (Wildman–Crippen MR) is 134 cm³/mol. The van der Waals surface area contributed by atoms with E-state index in [9.17, 15) is 27.9 Å². The van der Waals surface area contributed by atoms with Crippen molar-refractivity contribution in [2.45, 2.75) is 76.7 Å². The van der Waals surface area contributed by atoms with Crippen LogP contribution in [0.15, 0.2) is 48.4 Å². The molecule has 1 saturated carbocycles. The molecule has 0 radical (unpaired) electrons. The molecule has 4 rings (SSSR count). The first-order chi connectivity index (χ1) is 17.9. The van der Waals surface area contributed by atoms with Gasteiger partial charge in [0.1, 0.15) is 17.6 Å². The second-order valence-corrected chi connectivity index (χ2v) is 10.6. The number of aromatic nitrogens is 2. The van der Waals surface area contributed by atoms with Crippen LogP contribution in [0.5, 0.6) is 5.75 Å². The van der Waals surface area contributed by atoms with Gasteiger partial charge in [-0.25, -0.2) is 0 Å². The number of rotatable bonds is 9. The summed E-state index contributed by atoms with van der Waals surface area (Å²) in [7, 11) is 0. The second kappa shape index (κ2) is 11.2. The zero-order valence-corrected chi connectivity index (χ0v) is 21.5. The van der Waals surface area contributed by atoms with Crippen molar-refractivity contribution < 1.29 is 32.6 Å². The number of para-hydroxylation sites is 1. The largest absolute Gasteiger partial charge is 0.459 e. The van der Waals surface area contributed by atoms with Crippen molar-refractivity contribution in [1.29, 1.82) is 0 Å². The average Bonchev–Trinajstić information content (AvgIpc) is 3.41. The fraction of sp³-hybridized carbons (Fsp3) is 0.519. The van der Waals surface area contributed by atoms with Crippen molar-refractivity contribution in [3.8, 4) is 5.75 Å². The summed E-state index contributed by atoms with van der Waals surface area (Å²) >= 11 is 0. The van der Waals surface area contributed by atoms with E-state index in [1.54, 1.807) is 26.1 Å². The Morgan fingerprint density at radius 1 is 1.18 bits per heavy atom. The highest BCUT2D eigenvalue weighted by Gasteiger charge is 2.38. The first-order valence-corrected chi connectivity index (χ1v) is 12.8. The number of hydrogen-bond acceptors (Lipinski definition) is 5. The zero-order valence-electron chi connectivity index (χ0n) is 21.5. The molecular formula is C27H33F3N4O4. The van der Waals surface area contributed by atoms with Crippen LogP contribution in [0.1, 0.15) is 57.9 Å². The molecule has 0 spiro atoms. The number of nitrogens with one attached hydrogen (secondary N) is 1. The molecule has 1 aromatic carbocycles. The molecule has 1 aliphatic carbocycles. The number of carbonyl (C=O) groups excluding carboxylic acids is 2. The molecule has 0 bridgehead atoms. The van der Waals surface area contributed by atoms with Crippen molar-refractivity contribution in [3.63, 3.8) is 0 Å². The number of ether oxygens (including phenoxy) is 1. The highest BCUT2D eigenvalue weighted by Crippen LogP contribution is 2.37. The monoisotopic (exact) mass is 534 g/mol. The predicted octanol–water partition coefficient (Wildman–Crippen LogP) is 4.76. The lowest BCUT2D eigenvalue weighted by molar-refractivity contribution is -0.138. The molecule has 8 nitrogen and oxygen atoms in total. The molecule has 1 fully saturated rings. The Balaban J connectivity index is 1.50. The maximum absolute atomic E-state index is 13.4. The molecule has 2 heterocycles. The third-order valence-electron chi connectivity index (χ3n) is 6.73. The smallest absolute Gasteiger partial charge is 0.419 e. The summed E-state index contributed by atoms with van der Waals surface area (Å²) < 4.78 is 47.3. The topological polar surface area (TPSA) is 96.7 Å². The molecule has 1 atom stereocenters. The minimum Gasteiger partial charge on any atom is -0.459 e. The van der Waals surface area contributed by atoms with Crippen molar-refractivity contribution >= 4 is 17.6 Å². The van der Waals surface area contributed by atoms with Crippen LogP contribution in [0.4, 0.5) is 19.0 Å². The molecular weight excluding hydrogens is 501 g/mol. The van der Waals surface area contributed by atoms with Crippen LogP contribution in [-0.2, 0) is 22.3 Å². The van der Waals surface area contributed by atoms with Crippen LogP contribution in [0.25, 0.3) is 0 Å². The van der Waals surface area contributed by atoms with Gasteiger partial charge in [0.05, 0.1) is 24.3 Å². The Bertz CT molecular complexity index is 1180. The molecule has 38 heavy (non-hydrogen) atoms.